The summed E-state index contributed by atoms with van der Waals surface area (Å²) in [5.41, 5.74) is 4.67. The zero-order valence-electron chi connectivity index (χ0n) is 13.1. The molecule has 4 aromatic rings. The van der Waals surface area contributed by atoms with Crippen LogP contribution in [0, 0.1) is 0 Å². The number of nitrogens with zero attached hydrogens (tertiary/aromatic N) is 2. The van der Waals surface area contributed by atoms with E-state index in [1.54, 1.807) is 16.8 Å². The number of hydrogen-bond donors (Lipinski definition) is 1. The first-order valence-electron chi connectivity index (χ1n) is 7.96. The van der Waals surface area contributed by atoms with E-state index in [1.807, 2.05) is 24.3 Å². The molecule has 0 aliphatic rings. The summed E-state index contributed by atoms with van der Waals surface area (Å²) in [6.07, 6.45) is 3.00. The van der Waals surface area contributed by atoms with E-state index in [0.717, 1.165) is 23.2 Å². The number of para-hydroxylation sites is 1. The van der Waals surface area contributed by atoms with Gasteiger partial charge in [0.2, 0.25) is 0 Å². The summed E-state index contributed by atoms with van der Waals surface area (Å²) in [6, 6.07) is 16.1. The van der Waals surface area contributed by atoms with Gasteiger partial charge < -0.3 is 9.88 Å². The van der Waals surface area contributed by atoms with Crippen LogP contribution in [-0.4, -0.2) is 22.0 Å². The van der Waals surface area contributed by atoms with Gasteiger partial charge in [-0.1, -0.05) is 18.2 Å². The predicted octanol–water partition coefficient (Wildman–Crippen LogP) is 4.07. The van der Waals surface area contributed by atoms with E-state index in [2.05, 4.69) is 45.3 Å². The highest BCUT2D eigenvalue weighted by Crippen LogP contribution is 2.19. The summed E-state index contributed by atoms with van der Waals surface area (Å²) < 4.78 is 3.27. The largest absolute Gasteiger partial charge is 0.352 e. The molecular weight excluding hydrogens is 318 g/mol. The number of benzene rings is 2. The van der Waals surface area contributed by atoms with E-state index in [1.165, 1.54) is 10.9 Å². The highest BCUT2D eigenvalue weighted by molar-refractivity contribution is 7.16. The number of nitrogens with one attached hydrogen (secondary N) is 1. The summed E-state index contributed by atoms with van der Waals surface area (Å²) in [6.45, 7) is 1.55. The second-order valence-corrected chi connectivity index (χ2v) is 6.60. The molecule has 5 heteroatoms. The SMILES string of the molecule is O=C(NCCCn1ccc2ccccc21)c1ccc2ncsc2c1. The number of carbonyl (C=O) groups excluding carboxylic acids is 1. The number of aryl methyl sites for hydroxylation is 1. The van der Waals surface area contributed by atoms with E-state index in [9.17, 15) is 4.79 Å². The van der Waals surface area contributed by atoms with Gasteiger partial charge in [0, 0.05) is 30.4 Å². The molecule has 4 nitrogen and oxygen atoms in total. The van der Waals surface area contributed by atoms with Crippen LogP contribution in [0.15, 0.2) is 60.2 Å². The summed E-state index contributed by atoms with van der Waals surface area (Å²) in [7, 11) is 0. The molecule has 2 heterocycles. The minimum Gasteiger partial charge on any atom is -0.352 e. The Bertz CT molecular complexity index is 1000. The van der Waals surface area contributed by atoms with Gasteiger partial charge in [0.05, 0.1) is 15.7 Å². The minimum atomic E-state index is -0.0253. The van der Waals surface area contributed by atoms with Gasteiger partial charge in [-0.2, -0.15) is 0 Å². The van der Waals surface area contributed by atoms with Gasteiger partial charge in [-0.3, -0.25) is 4.79 Å². The van der Waals surface area contributed by atoms with Crippen molar-refractivity contribution in [1.82, 2.24) is 14.9 Å². The van der Waals surface area contributed by atoms with Gasteiger partial charge in [-0.15, -0.1) is 11.3 Å². The molecule has 24 heavy (non-hydrogen) atoms. The summed E-state index contributed by atoms with van der Waals surface area (Å²) in [5.74, 6) is -0.0253. The van der Waals surface area contributed by atoms with Crippen LogP contribution in [0.3, 0.4) is 0 Å². The van der Waals surface area contributed by atoms with E-state index < -0.39 is 0 Å². The van der Waals surface area contributed by atoms with Crippen LogP contribution < -0.4 is 5.32 Å². The monoisotopic (exact) mass is 335 g/mol. The minimum absolute atomic E-state index is 0.0253. The van der Waals surface area contributed by atoms with Crippen LogP contribution in [0.25, 0.3) is 21.1 Å². The molecule has 0 bridgehead atoms. The van der Waals surface area contributed by atoms with Crippen LogP contribution in [-0.2, 0) is 6.54 Å². The lowest BCUT2D eigenvalue weighted by atomic mass is 10.2. The molecule has 2 aromatic heterocycles. The van der Waals surface area contributed by atoms with Crippen molar-refractivity contribution in [2.45, 2.75) is 13.0 Å². The van der Waals surface area contributed by atoms with E-state index in [-0.39, 0.29) is 5.91 Å². The summed E-state index contributed by atoms with van der Waals surface area (Å²) in [4.78, 5) is 16.5. The Kier molecular flexibility index (Phi) is 4.01. The van der Waals surface area contributed by atoms with Crippen molar-refractivity contribution in [1.29, 1.82) is 0 Å². The Morgan fingerprint density at radius 1 is 1.17 bits per heavy atom. The Labute approximate surface area is 143 Å². The van der Waals surface area contributed by atoms with E-state index in [4.69, 9.17) is 0 Å². The molecule has 4 rings (SSSR count). The average molecular weight is 335 g/mol. The van der Waals surface area contributed by atoms with Gasteiger partial charge in [0.1, 0.15) is 0 Å². The molecule has 0 atom stereocenters. The third-order valence-corrected chi connectivity index (χ3v) is 4.93. The fraction of sp³-hybridized carbons (Fsp3) is 0.158. The van der Waals surface area contributed by atoms with Gasteiger partial charge in [0.15, 0.2) is 0 Å². The van der Waals surface area contributed by atoms with Gasteiger partial charge >= 0.3 is 0 Å². The van der Waals surface area contributed by atoms with Crippen molar-refractivity contribution in [2.24, 2.45) is 0 Å². The fourth-order valence-electron chi connectivity index (χ4n) is 2.89. The van der Waals surface area contributed by atoms with Crippen LogP contribution in [0.5, 0.6) is 0 Å². The normalized spacial score (nSPS) is 11.2. The van der Waals surface area contributed by atoms with Gasteiger partial charge in [-0.05, 0) is 42.1 Å². The zero-order valence-corrected chi connectivity index (χ0v) is 13.9. The molecule has 0 radical (unpaired) electrons. The third-order valence-electron chi connectivity index (χ3n) is 4.14. The average Bonchev–Trinajstić information content (AvgIpc) is 3.24. The number of aromatic nitrogens is 2. The van der Waals surface area contributed by atoms with Crippen molar-refractivity contribution in [3.05, 3.63) is 65.8 Å². The molecule has 1 amide bonds. The highest BCUT2D eigenvalue weighted by atomic mass is 32.1. The lowest BCUT2D eigenvalue weighted by molar-refractivity contribution is 0.0953. The van der Waals surface area contributed by atoms with Crippen molar-refractivity contribution < 1.29 is 4.79 Å². The number of carbonyl (C=O) groups is 1. The Morgan fingerprint density at radius 2 is 2.08 bits per heavy atom. The molecule has 120 valence electrons. The second-order valence-electron chi connectivity index (χ2n) is 5.71. The first kappa shape index (κ1) is 14.9. The number of thiazole rings is 1. The number of rotatable bonds is 5. The first-order chi connectivity index (χ1) is 11.8. The number of amides is 1. The van der Waals surface area contributed by atoms with Crippen molar-refractivity contribution in [3.8, 4) is 0 Å². The van der Waals surface area contributed by atoms with Crippen LogP contribution in [0.1, 0.15) is 16.8 Å². The van der Waals surface area contributed by atoms with Crippen LogP contribution in [0.2, 0.25) is 0 Å². The molecular formula is C19H17N3OS. The molecule has 0 spiro atoms. The first-order valence-corrected chi connectivity index (χ1v) is 8.84. The summed E-state index contributed by atoms with van der Waals surface area (Å²) >= 11 is 1.55. The Balaban J connectivity index is 1.34. The third kappa shape index (κ3) is 2.90. The second kappa shape index (κ2) is 6.45. The smallest absolute Gasteiger partial charge is 0.251 e. The van der Waals surface area contributed by atoms with E-state index in [0.29, 0.717) is 12.1 Å². The Hall–Kier alpha value is -2.66. The van der Waals surface area contributed by atoms with Gasteiger partial charge in [-0.25, -0.2) is 4.98 Å². The quantitative estimate of drug-likeness (QED) is 0.559. The summed E-state index contributed by atoms with van der Waals surface area (Å²) in [5, 5.41) is 4.25. The zero-order chi connectivity index (χ0) is 16.4. The van der Waals surface area contributed by atoms with Crippen LogP contribution in [0.4, 0.5) is 0 Å². The maximum Gasteiger partial charge on any atom is 0.251 e. The molecule has 0 aliphatic carbocycles. The van der Waals surface area contributed by atoms with Crippen molar-refractivity contribution in [3.63, 3.8) is 0 Å². The standard InChI is InChI=1S/C19H17N3OS/c23-19(15-6-7-16-18(12-15)24-13-21-16)20-9-3-10-22-11-8-14-4-1-2-5-17(14)22/h1-2,4-8,11-13H,3,9-10H2,(H,20,23). The molecule has 0 aliphatic heterocycles. The highest BCUT2D eigenvalue weighted by Gasteiger charge is 2.07. The molecule has 1 N–H and O–H groups in total. The molecule has 0 saturated heterocycles. The Morgan fingerprint density at radius 3 is 3.04 bits per heavy atom. The topological polar surface area (TPSA) is 46.9 Å². The maximum atomic E-state index is 12.3. The van der Waals surface area contributed by atoms with E-state index >= 15 is 0 Å². The lowest BCUT2D eigenvalue weighted by Gasteiger charge is -2.07. The van der Waals surface area contributed by atoms with Crippen molar-refractivity contribution in [2.75, 3.05) is 6.54 Å². The fourth-order valence-corrected chi connectivity index (χ4v) is 3.60. The number of hydrogen-bond acceptors (Lipinski definition) is 3. The molecule has 0 fully saturated rings. The maximum absolute atomic E-state index is 12.3. The number of fused-ring (bicyclic) bond motifs is 2. The molecule has 0 saturated carbocycles. The lowest BCUT2D eigenvalue weighted by Crippen LogP contribution is -2.25. The predicted molar refractivity (Wildman–Crippen MR) is 98.5 cm³/mol. The van der Waals surface area contributed by atoms with Crippen LogP contribution >= 0.6 is 11.3 Å². The van der Waals surface area contributed by atoms with Crippen molar-refractivity contribution >= 4 is 38.4 Å². The van der Waals surface area contributed by atoms with Gasteiger partial charge in [0.25, 0.3) is 5.91 Å². The molecule has 0 unspecified atom stereocenters. The molecule has 2 aromatic carbocycles.